The van der Waals surface area contributed by atoms with E-state index < -0.39 is 0 Å². The largest absolute Gasteiger partial charge is 0.324 e. The molecule has 2 aromatic heterocycles. The molecule has 0 radical (unpaired) electrons. The van der Waals surface area contributed by atoms with Gasteiger partial charge in [-0.25, -0.2) is 0 Å². The van der Waals surface area contributed by atoms with Crippen LogP contribution < -0.4 is 0 Å². The van der Waals surface area contributed by atoms with Gasteiger partial charge < -0.3 is 9.13 Å². The van der Waals surface area contributed by atoms with Crippen LogP contribution >= 0.6 is 0 Å². The van der Waals surface area contributed by atoms with Crippen molar-refractivity contribution in [2.45, 2.75) is 6.92 Å². The van der Waals surface area contributed by atoms with Gasteiger partial charge in [-0.15, -0.1) is 0 Å². The highest BCUT2D eigenvalue weighted by molar-refractivity contribution is 5.89. The molecular weight excluding hydrogens is 256 g/mol. The van der Waals surface area contributed by atoms with E-state index in [0.29, 0.717) is 0 Å². The molecule has 2 nitrogen and oxygen atoms in total. The third-order valence-electron chi connectivity index (χ3n) is 4.03. The molecule has 0 aliphatic heterocycles. The van der Waals surface area contributed by atoms with Gasteiger partial charge in [0.15, 0.2) is 0 Å². The molecule has 2 heterocycles. The van der Waals surface area contributed by atoms with Gasteiger partial charge in [-0.3, -0.25) is 0 Å². The van der Waals surface area contributed by atoms with Crippen LogP contribution in [0, 0.1) is 6.92 Å². The van der Waals surface area contributed by atoms with Gasteiger partial charge in [0, 0.05) is 36.2 Å². The van der Waals surface area contributed by atoms with Crippen molar-refractivity contribution < 1.29 is 0 Å². The molecule has 102 valence electrons. The second kappa shape index (κ2) is 4.67. The van der Waals surface area contributed by atoms with Gasteiger partial charge in [0.05, 0.1) is 0 Å². The predicted molar refractivity (Wildman–Crippen MR) is 87.3 cm³/mol. The number of rotatable bonds is 2. The van der Waals surface area contributed by atoms with Crippen molar-refractivity contribution in [3.8, 4) is 11.4 Å². The molecule has 0 aliphatic carbocycles. The standard InChI is InChI=1S/C19H16N2/c1-15-18-8-7-17(20-10-2-3-11-20)14-16(18)6-9-19(15)21-12-4-5-13-21/h2-14H,1H3. The van der Waals surface area contributed by atoms with Crippen LogP contribution in [0.1, 0.15) is 5.56 Å². The summed E-state index contributed by atoms with van der Waals surface area (Å²) in [5.41, 5.74) is 3.74. The van der Waals surface area contributed by atoms with E-state index in [0.717, 1.165) is 0 Å². The summed E-state index contributed by atoms with van der Waals surface area (Å²) in [5, 5.41) is 2.58. The molecule has 0 aliphatic rings. The first-order valence-corrected chi connectivity index (χ1v) is 7.13. The van der Waals surface area contributed by atoms with Gasteiger partial charge in [-0.1, -0.05) is 12.1 Å². The highest BCUT2D eigenvalue weighted by Gasteiger charge is 2.06. The SMILES string of the molecule is Cc1c(-n2cccc2)ccc2cc(-n3cccc3)ccc12. The molecule has 0 saturated heterocycles. The zero-order valence-electron chi connectivity index (χ0n) is 11.9. The quantitative estimate of drug-likeness (QED) is 0.499. The van der Waals surface area contributed by atoms with E-state index in [9.17, 15) is 0 Å². The van der Waals surface area contributed by atoms with Crippen LogP contribution in [0.3, 0.4) is 0 Å². The van der Waals surface area contributed by atoms with Crippen molar-refractivity contribution in [1.29, 1.82) is 0 Å². The molecule has 2 aromatic carbocycles. The highest BCUT2D eigenvalue weighted by Crippen LogP contribution is 2.26. The number of hydrogen-bond donors (Lipinski definition) is 0. The van der Waals surface area contributed by atoms with Crippen LogP contribution in [0.5, 0.6) is 0 Å². The molecule has 0 bridgehead atoms. The zero-order chi connectivity index (χ0) is 14.2. The summed E-state index contributed by atoms with van der Waals surface area (Å²) in [7, 11) is 0. The summed E-state index contributed by atoms with van der Waals surface area (Å²) < 4.78 is 4.29. The first-order valence-electron chi connectivity index (χ1n) is 7.13. The summed E-state index contributed by atoms with van der Waals surface area (Å²) in [6.07, 6.45) is 8.31. The maximum absolute atomic E-state index is 2.24. The van der Waals surface area contributed by atoms with Crippen LogP contribution in [-0.2, 0) is 0 Å². The van der Waals surface area contributed by atoms with Gasteiger partial charge in [0.1, 0.15) is 0 Å². The minimum Gasteiger partial charge on any atom is -0.324 e. The van der Waals surface area contributed by atoms with E-state index in [1.54, 1.807) is 0 Å². The summed E-state index contributed by atoms with van der Waals surface area (Å²) >= 11 is 0. The van der Waals surface area contributed by atoms with Gasteiger partial charge in [-0.2, -0.15) is 0 Å². The Morgan fingerprint density at radius 3 is 2.10 bits per heavy atom. The lowest BCUT2D eigenvalue weighted by Gasteiger charge is -2.12. The van der Waals surface area contributed by atoms with E-state index in [1.165, 1.54) is 27.7 Å². The van der Waals surface area contributed by atoms with Crippen LogP contribution in [0.25, 0.3) is 22.1 Å². The fourth-order valence-electron chi connectivity index (χ4n) is 2.90. The molecule has 0 amide bonds. The Bertz CT molecular complexity index is 885. The number of aryl methyl sites for hydroxylation is 1. The van der Waals surface area contributed by atoms with Gasteiger partial charge >= 0.3 is 0 Å². The van der Waals surface area contributed by atoms with Crippen molar-refractivity contribution in [3.05, 3.63) is 84.9 Å². The van der Waals surface area contributed by atoms with Crippen LogP contribution in [-0.4, -0.2) is 9.13 Å². The first-order chi connectivity index (χ1) is 10.3. The Morgan fingerprint density at radius 2 is 1.38 bits per heavy atom. The molecule has 0 saturated carbocycles. The minimum atomic E-state index is 1.20. The summed E-state index contributed by atoms with van der Waals surface area (Å²) in [6.45, 7) is 2.19. The monoisotopic (exact) mass is 272 g/mol. The highest BCUT2D eigenvalue weighted by atomic mass is 14.9. The van der Waals surface area contributed by atoms with Crippen LogP contribution in [0.2, 0.25) is 0 Å². The molecular formula is C19H16N2. The van der Waals surface area contributed by atoms with Crippen molar-refractivity contribution >= 4 is 10.8 Å². The Hall–Kier alpha value is -2.74. The van der Waals surface area contributed by atoms with E-state index in [2.05, 4.69) is 83.3 Å². The Balaban J connectivity index is 1.90. The van der Waals surface area contributed by atoms with Crippen molar-refractivity contribution in [3.63, 3.8) is 0 Å². The van der Waals surface area contributed by atoms with E-state index in [-0.39, 0.29) is 0 Å². The molecule has 21 heavy (non-hydrogen) atoms. The fraction of sp³-hybridized carbons (Fsp3) is 0.0526. The maximum Gasteiger partial charge on any atom is 0.0484 e. The van der Waals surface area contributed by atoms with Gasteiger partial charge in [0.25, 0.3) is 0 Å². The lowest BCUT2D eigenvalue weighted by molar-refractivity contribution is 1.06. The van der Waals surface area contributed by atoms with E-state index >= 15 is 0 Å². The molecule has 2 heteroatoms. The summed E-state index contributed by atoms with van der Waals surface area (Å²) in [4.78, 5) is 0. The second-order valence-corrected chi connectivity index (χ2v) is 5.30. The zero-order valence-corrected chi connectivity index (χ0v) is 11.9. The van der Waals surface area contributed by atoms with Crippen molar-refractivity contribution in [2.24, 2.45) is 0 Å². The number of fused-ring (bicyclic) bond motifs is 1. The van der Waals surface area contributed by atoms with Crippen LogP contribution in [0.4, 0.5) is 0 Å². The minimum absolute atomic E-state index is 1.20. The number of hydrogen-bond acceptors (Lipinski definition) is 0. The second-order valence-electron chi connectivity index (χ2n) is 5.30. The predicted octanol–water partition coefficient (Wildman–Crippen LogP) is 4.73. The lowest BCUT2D eigenvalue weighted by Crippen LogP contribution is -1.95. The van der Waals surface area contributed by atoms with Crippen LogP contribution in [0.15, 0.2) is 79.4 Å². The van der Waals surface area contributed by atoms with Gasteiger partial charge in [0.2, 0.25) is 0 Å². The van der Waals surface area contributed by atoms with Crippen molar-refractivity contribution in [1.82, 2.24) is 9.13 Å². The normalized spacial score (nSPS) is 11.1. The summed E-state index contributed by atoms with van der Waals surface area (Å²) in [5.74, 6) is 0. The average Bonchev–Trinajstić information content (AvgIpc) is 3.21. The smallest absolute Gasteiger partial charge is 0.0484 e. The molecule has 0 N–H and O–H groups in total. The Kier molecular flexibility index (Phi) is 2.68. The fourth-order valence-corrected chi connectivity index (χ4v) is 2.90. The molecule has 4 rings (SSSR count). The van der Waals surface area contributed by atoms with E-state index in [4.69, 9.17) is 0 Å². The third-order valence-corrected chi connectivity index (χ3v) is 4.03. The molecule has 0 spiro atoms. The molecule has 0 atom stereocenters. The first kappa shape index (κ1) is 12.0. The average molecular weight is 272 g/mol. The van der Waals surface area contributed by atoms with E-state index in [1.807, 2.05) is 12.1 Å². The number of benzene rings is 2. The molecule has 4 aromatic rings. The number of aromatic nitrogens is 2. The summed E-state index contributed by atoms with van der Waals surface area (Å²) in [6, 6.07) is 19.2. The topological polar surface area (TPSA) is 9.86 Å². The Labute approximate surface area is 123 Å². The molecule has 0 unspecified atom stereocenters. The lowest BCUT2D eigenvalue weighted by atomic mass is 10.0. The maximum atomic E-state index is 2.24. The third kappa shape index (κ3) is 1.96. The van der Waals surface area contributed by atoms with Crippen molar-refractivity contribution in [2.75, 3.05) is 0 Å². The van der Waals surface area contributed by atoms with Gasteiger partial charge in [-0.05, 0) is 65.7 Å². The number of nitrogens with zero attached hydrogens (tertiary/aromatic N) is 2. The Morgan fingerprint density at radius 1 is 0.714 bits per heavy atom. The molecule has 0 fully saturated rings.